The van der Waals surface area contributed by atoms with E-state index in [1.54, 1.807) is 0 Å². The van der Waals surface area contributed by atoms with Gasteiger partial charge in [-0.2, -0.15) is 0 Å². The summed E-state index contributed by atoms with van der Waals surface area (Å²) in [7, 11) is -1.45. The van der Waals surface area contributed by atoms with Crippen molar-refractivity contribution in [1.29, 1.82) is 0 Å². The fourth-order valence-corrected chi connectivity index (χ4v) is 3.83. The first-order valence-electron chi connectivity index (χ1n) is 16.3. The van der Waals surface area contributed by atoms with Crippen LogP contribution in [0.2, 0.25) is 19.6 Å². The molecule has 0 saturated heterocycles. The summed E-state index contributed by atoms with van der Waals surface area (Å²) >= 11 is 0. The van der Waals surface area contributed by atoms with Crippen LogP contribution in [0.5, 0.6) is 0 Å². The van der Waals surface area contributed by atoms with Gasteiger partial charge in [-0.05, 0) is 40.4 Å². The van der Waals surface area contributed by atoms with Crippen LogP contribution in [0, 0.1) is 0 Å². The third-order valence-electron chi connectivity index (χ3n) is 5.12. The molecule has 0 atom stereocenters. The van der Waals surface area contributed by atoms with Crippen LogP contribution in [0.25, 0.3) is 0 Å². The van der Waals surface area contributed by atoms with Crippen LogP contribution in [-0.2, 0) is 66.1 Å². The lowest BCUT2D eigenvalue weighted by atomic mass is 10.2. The van der Waals surface area contributed by atoms with Crippen molar-refractivity contribution in [3.05, 3.63) is 0 Å². The van der Waals surface area contributed by atoms with Crippen LogP contribution in [-0.4, -0.2) is 172 Å². The van der Waals surface area contributed by atoms with E-state index in [0.29, 0.717) is 145 Å². The molecule has 14 nitrogen and oxygen atoms in total. The van der Waals surface area contributed by atoms with E-state index in [2.05, 4.69) is 19.6 Å². The molecule has 276 valence electrons. The Morgan fingerprint density at radius 2 is 0.609 bits per heavy atom. The maximum Gasteiger partial charge on any atom is 0.332 e. The monoisotopic (exact) mass is 688 g/mol. The van der Waals surface area contributed by atoms with Gasteiger partial charge in [-0.3, -0.25) is 0 Å². The first-order valence-corrected chi connectivity index (χ1v) is 19.7. The highest BCUT2D eigenvalue weighted by Crippen LogP contribution is 2.06. The van der Waals surface area contributed by atoms with Gasteiger partial charge in [-0.15, -0.1) is 0 Å². The van der Waals surface area contributed by atoms with Gasteiger partial charge in [0.2, 0.25) is 0 Å². The molecule has 0 spiro atoms. The molecule has 0 aromatic carbocycles. The second-order valence-electron chi connectivity index (χ2n) is 11.7. The number of ether oxygens (including phenoxy) is 12. The number of hydrogen-bond donors (Lipinski definition) is 0. The molecule has 0 fully saturated rings. The molecule has 0 heterocycles. The highest BCUT2D eigenvalue weighted by atomic mass is 28.4. The Bertz CT molecular complexity index is 646. The summed E-state index contributed by atoms with van der Waals surface area (Å²) < 4.78 is 70.6. The van der Waals surface area contributed by atoms with Crippen LogP contribution < -0.4 is 0 Å². The average molecular weight is 689 g/mol. The lowest BCUT2D eigenvalue weighted by molar-refractivity contribution is -0.160. The van der Waals surface area contributed by atoms with E-state index in [0.717, 1.165) is 0 Å². The van der Waals surface area contributed by atoms with E-state index in [1.165, 1.54) is 0 Å². The highest BCUT2D eigenvalue weighted by Gasteiger charge is 2.16. The highest BCUT2D eigenvalue weighted by molar-refractivity contribution is 6.69. The fourth-order valence-electron chi connectivity index (χ4n) is 3.13. The molecule has 0 aromatic rings. The zero-order valence-electron chi connectivity index (χ0n) is 29.5. The lowest BCUT2D eigenvalue weighted by Crippen LogP contribution is -2.27. The summed E-state index contributed by atoms with van der Waals surface area (Å²) in [5, 5.41) is 0. The largest absolute Gasteiger partial charge is 0.458 e. The Morgan fingerprint density at radius 3 is 0.826 bits per heavy atom. The zero-order valence-corrected chi connectivity index (χ0v) is 30.5. The van der Waals surface area contributed by atoms with Crippen molar-refractivity contribution in [2.45, 2.75) is 46.0 Å². The molecule has 0 N–H and O–H groups in total. The second-order valence-corrected chi connectivity index (χ2v) is 16.2. The molecule has 0 radical (unpaired) electrons. The van der Waals surface area contributed by atoms with Gasteiger partial charge >= 0.3 is 5.97 Å². The molecule has 0 bridgehead atoms. The quantitative estimate of drug-likeness (QED) is 0.0541. The first-order chi connectivity index (χ1) is 22.1. The summed E-state index contributed by atoms with van der Waals surface area (Å²) in [4.78, 5) is 11.5. The van der Waals surface area contributed by atoms with E-state index >= 15 is 0 Å². The summed E-state index contributed by atoms with van der Waals surface area (Å²) in [5.41, 5.74) is -0.510. The van der Waals surface area contributed by atoms with Gasteiger partial charge in [0, 0.05) is 0 Å². The molecule has 0 unspecified atom stereocenters. The Hall–Kier alpha value is -0.793. The van der Waals surface area contributed by atoms with Gasteiger partial charge < -0.3 is 61.3 Å². The molecule has 15 heteroatoms. The van der Waals surface area contributed by atoms with Crippen LogP contribution in [0.15, 0.2) is 0 Å². The van der Waals surface area contributed by atoms with Crippen molar-refractivity contribution in [3.8, 4) is 0 Å². The Labute approximate surface area is 278 Å². The molecule has 0 aliphatic carbocycles. The lowest BCUT2D eigenvalue weighted by Gasteiger charge is -2.19. The van der Waals surface area contributed by atoms with Crippen LogP contribution >= 0.6 is 0 Å². The van der Waals surface area contributed by atoms with Crippen molar-refractivity contribution >= 4 is 14.3 Å². The maximum atomic E-state index is 11.5. The summed E-state index contributed by atoms with van der Waals surface area (Å²) in [5.74, 6) is -0.386. The maximum absolute atomic E-state index is 11.5. The Kier molecular flexibility index (Phi) is 32.2. The van der Waals surface area contributed by atoms with Gasteiger partial charge in [0.1, 0.15) is 12.2 Å². The molecule has 0 aromatic heterocycles. The molecular weight excluding hydrogens is 624 g/mol. The normalized spacial score (nSPS) is 12.2. The van der Waals surface area contributed by atoms with E-state index in [4.69, 9.17) is 61.3 Å². The van der Waals surface area contributed by atoms with E-state index < -0.39 is 13.9 Å². The second kappa shape index (κ2) is 32.7. The van der Waals surface area contributed by atoms with Crippen molar-refractivity contribution in [3.63, 3.8) is 0 Å². The van der Waals surface area contributed by atoms with Crippen molar-refractivity contribution < 1.29 is 66.1 Å². The third-order valence-corrected chi connectivity index (χ3v) is 6.19. The molecule has 0 amide bonds. The Morgan fingerprint density at radius 1 is 0.391 bits per heavy atom. The summed E-state index contributed by atoms with van der Waals surface area (Å²) in [6, 6.07) is 0. The molecule has 46 heavy (non-hydrogen) atoms. The van der Waals surface area contributed by atoms with Crippen molar-refractivity contribution in [1.82, 2.24) is 0 Å². The fraction of sp³-hybridized carbons (Fsp3) is 0.968. The standard InChI is InChI=1S/C31H64O14Si/c1-31(2,3)45-30(32)29-43-26-25-41-22-21-39-18-17-37-14-13-35-10-9-33-7-8-34-11-12-36-15-16-38-19-20-40-23-24-42-27-28-44-46(4,5)6/h7-29H2,1-6H3. The number of rotatable bonds is 36. The average Bonchev–Trinajstić information content (AvgIpc) is 2.97. The first kappa shape index (κ1) is 45.2. The summed E-state index contributed by atoms with van der Waals surface area (Å²) in [6.45, 7) is 22.8. The molecule has 0 aliphatic rings. The van der Waals surface area contributed by atoms with Crippen LogP contribution in [0.4, 0.5) is 0 Å². The SMILES string of the molecule is CC(C)(C)OC(=O)COCCOCCOCCOCCOCCOCCOCCOCCOCCOCCOCCO[Si](C)(C)C. The summed E-state index contributed by atoms with van der Waals surface area (Å²) in [6.07, 6.45) is 0. The van der Waals surface area contributed by atoms with E-state index in [9.17, 15) is 4.79 Å². The van der Waals surface area contributed by atoms with Gasteiger partial charge in [-0.25, -0.2) is 4.79 Å². The van der Waals surface area contributed by atoms with Crippen LogP contribution in [0.1, 0.15) is 20.8 Å². The minimum absolute atomic E-state index is 0.0825. The van der Waals surface area contributed by atoms with Gasteiger partial charge in [-0.1, -0.05) is 0 Å². The number of carbonyl (C=O) groups is 1. The molecule has 0 aliphatic heterocycles. The van der Waals surface area contributed by atoms with Gasteiger partial charge in [0.15, 0.2) is 8.32 Å². The third kappa shape index (κ3) is 41.2. The smallest absolute Gasteiger partial charge is 0.332 e. The zero-order chi connectivity index (χ0) is 34.0. The number of esters is 1. The predicted molar refractivity (Wildman–Crippen MR) is 174 cm³/mol. The van der Waals surface area contributed by atoms with E-state index in [1.807, 2.05) is 20.8 Å². The number of hydrogen-bond acceptors (Lipinski definition) is 14. The topological polar surface area (TPSA) is 137 Å². The van der Waals surface area contributed by atoms with E-state index in [-0.39, 0.29) is 12.6 Å². The minimum atomic E-state index is -1.45. The predicted octanol–water partition coefficient (Wildman–Crippen LogP) is 2.36. The molecular formula is C31H64O14Si. The molecule has 0 rings (SSSR count). The van der Waals surface area contributed by atoms with Crippen molar-refractivity contribution in [2.75, 3.05) is 152 Å². The Balaban J connectivity index is 3.11. The minimum Gasteiger partial charge on any atom is -0.458 e. The van der Waals surface area contributed by atoms with Gasteiger partial charge in [0.05, 0.1) is 145 Å². The number of carbonyl (C=O) groups excluding carboxylic acids is 1. The van der Waals surface area contributed by atoms with Crippen LogP contribution in [0.3, 0.4) is 0 Å². The van der Waals surface area contributed by atoms with Crippen molar-refractivity contribution in [2.24, 2.45) is 0 Å². The molecule has 0 saturated carbocycles. The van der Waals surface area contributed by atoms with Gasteiger partial charge in [0.25, 0.3) is 0 Å².